The smallest absolute Gasteiger partial charge is 0.251 e. The Labute approximate surface area is 114 Å². The van der Waals surface area contributed by atoms with Crippen molar-refractivity contribution in [1.29, 1.82) is 0 Å². The average molecular weight is 256 g/mol. The van der Waals surface area contributed by atoms with Gasteiger partial charge in [0.05, 0.1) is 0 Å². The number of benzene rings is 2. The summed E-state index contributed by atoms with van der Waals surface area (Å²) in [6, 6.07) is 16.7. The summed E-state index contributed by atoms with van der Waals surface area (Å²) in [6.45, 7) is 4.53. The van der Waals surface area contributed by atoms with Crippen LogP contribution >= 0.6 is 0 Å². The number of anilines is 1. The van der Waals surface area contributed by atoms with E-state index in [4.69, 9.17) is 5.73 Å². The van der Waals surface area contributed by atoms with E-state index in [0.29, 0.717) is 17.8 Å². The zero-order valence-electron chi connectivity index (χ0n) is 11.4. The molecule has 0 aliphatic rings. The summed E-state index contributed by atoms with van der Waals surface area (Å²) in [7, 11) is 0. The monoisotopic (exact) mass is 256 g/mol. The predicted molar refractivity (Wildman–Crippen MR) is 79.8 cm³/mol. The Morgan fingerprint density at radius 2 is 1.58 bits per heavy atom. The van der Waals surface area contributed by atoms with Gasteiger partial charge in [-0.3, -0.25) is 4.79 Å². The van der Waals surface area contributed by atoms with Gasteiger partial charge in [0.15, 0.2) is 0 Å². The van der Waals surface area contributed by atoms with Gasteiger partial charge in [0, 0.05) is 17.8 Å². The topological polar surface area (TPSA) is 55.1 Å². The number of carbonyl (C=O) groups excluding carboxylic acids is 1. The third-order valence-corrected chi connectivity index (χ3v) is 2.47. The Hall–Kier alpha value is -2.29. The summed E-state index contributed by atoms with van der Waals surface area (Å²) in [4.78, 5) is 11.8. The second-order valence-corrected chi connectivity index (χ2v) is 3.79. The van der Waals surface area contributed by atoms with Crippen molar-refractivity contribution >= 4 is 11.6 Å². The van der Waals surface area contributed by atoms with E-state index < -0.39 is 0 Å². The minimum atomic E-state index is -0.0890. The number of hydrogen-bond donors (Lipinski definition) is 2. The fraction of sp³-hybridized carbons (Fsp3) is 0.188. The molecule has 0 aliphatic heterocycles. The lowest BCUT2D eigenvalue weighted by Crippen LogP contribution is -2.22. The summed E-state index contributed by atoms with van der Waals surface area (Å²) in [5.74, 6) is -0.0890. The number of nitrogens with one attached hydrogen (secondary N) is 1. The second kappa shape index (κ2) is 7.93. The molecular formula is C16H20N2O. The van der Waals surface area contributed by atoms with Crippen LogP contribution in [0.1, 0.15) is 29.8 Å². The molecule has 0 saturated heterocycles. The van der Waals surface area contributed by atoms with Gasteiger partial charge in [0.1, 0.15) is 0 Å². The molecule has 0 atom stereocenters. The van der Waals surface area contributed by atoms with Crippen LogP contribution in [0.5, 0.6) is 0 Å². The molecule has 0 aliphatic carbocycles. The molecule has 0 bridgehead atoms. The Morgan fingerprint density at radius 1 is 1.00 bits per heavy atom. The minimum absolute atomic E-state index is 0.0890. The average Bonchev–Trinajstić information content (AvgIpc) is 2.49. The van der Waals surface area contributed by atoms with Gasteiger partial charge in [-0.25, -0.2) is 0 Å². The molecule has 19 heavy (non-hydrogen) atoms. The molecule has 0 aromatic heterocycles. The van der Waals surface area contributed by atoms with Gasteiger partial charge >= 0.3 is 0 Å². The van der Waals surface area contributed by atoms with E-state index in [-0.39, 0.29) is 5.91 Å². The largest absolute Gasteiger partial charge is 0.399 e. The third kappa shape index (κ3) is 4.84. The Bertz CT molecular complexity index is 492. The fourth-order valence-electron chi connectivity index (χ4n) is 1.51. The number of amides is 1. The molecule has 100 valence electrons. The lowest BCUT2D eigenvalue weighted by Gasteiger charge is -2.05. The summed E-state index contributed by atoms with van der Waals surface area (Å²) < 4.78 is 0. The number of hydrogen-bond acceptors (Lipinski definition) is 2. The van der Waals surface area contributed by atoms with Gasteiger partial charge in [-0.1, -0.05) is 44.2 Å². The van der Waals surface area contributed by atoms with E-state index in [1.165, 1.54) is 0 Å². The van der Waals surface area contributed by atoms with Crippen molar-refractivity contribution in [2.24, 2.45) is 0 Å². The first-order chi connectivity index (χ1) is 9.25. The number of rotatable bonds is 3. The summed E-state index contributed by atoms with van der Waals surface area (Å²) in [5.41, 5.74) is 7.92. The van der Waals surface area contributed by atoms with Crippen LogP contribution < -0.4 is 11.1 Å². The van der Waals surface area contributed by atoms with Crippen LogP contribution in [-0.2, 0) is 6.54 Å². The zero-order valence-corrected chi connectivity index (χ0v) is 11.4. The molecule has 3 heteroatoms. The molecule has 3 nitrogen and oxygen atoms in total. The van der Waals surface area contributed by atoms with Gasteiger partial charge in [-0.05, 0) is 29.8 Å². The fourth-order valence-corrected chi connectivity index (χ4v) is 1.51. The number of carbonyl (C=O) groups is 1. The minimum Gasteiger partial charge on any atom is -0.399 e. The Balaban J connectivity index is 0.000000861. The molecule has 0 radical (unpaired) electrons. The van der Waals surface area contributed by atoms with E-state index in [0.717, 1.165) is 5.56 Å². The molecule has 0 saturated carbocycles. The molecule has 0 fully saturated rings. The highest BCUT2D eigenvalue weighted by Gasteiger charge is 2.03. The number of nitrogens with two attached hydrogens (primary N) is 1. The van der Waals surface area contributed by atoms with Crippen molar-refractivity contribution in [1.82, 2.24) is 5.32 Å². The van der Waals surface area contributed by atoms with Crippen LogP contribution in [-0.4, -0.2) is 5.91 Å². The summed E-state index contributed by atoms with van der Waals surface area (Å²) in [6.07, 6.45) is 0. The molecular weight excluding hydrogens is 236 g/mol. The van der Waals surface area contributed by atoms with Crippen LogP contribution in [0, 0.1) is 0 Å². The third-order valence-electron chi connectivity index (χ3n) is 2.47. The summed E-state index contributed by atoms with van der Waals surface area (Å²) >= 11 is 0. The van der Waals surface area contributed by atoms with Crippen molar-refractivity contribution in [3.05, 3.63) is 65.7 Å². The van der Waals surface area contributed by atoms with Gasteiger partial charge in [0.2, 0.25) is 0 Å². The first kappa shape index (κ1) is 14.8. The highest BCUT2D eigenvalue weighted by Crippen LogP contribution is 2.05. The molecule has 0 unspecified atom stereocenters. The molecule has 3 N–H and O–H groups in total. The van der Waals surface area contributed by atoms with Gasteiger partial charge in [-0.15, -0.1) is 0 Å². The Morgan fingerprint density at radius 3 is 2.16 bits per heavy atom. The first-order valence-electron chi connectivity index (χ1n) is 6.43. The van der Waals surface area contributed by atoms with Crippen LogP contribution in [0.3, 0.4) is 0 Å². The van der Waals surface area contributed by atoms with Crippen molar-refractivity contribution in [3.63, 3.8) is 0 Å². The number of nitrogen functional groups attached to an aromatic ring is 1. The van der Waals surface area contributed by atoms with Gasteiger partial charge in [0.25, 0.3) is 5.91 Å². The van der Waals surface area contributed by atoms with Crippen LogP contribution in [0.25, 0.3) is 0 Å². The molecule has 2 rings (SSSR count). The van der Waals surface area contributed by atoms with E-state index in [1.807, 2.05) is 44.2 Å². The van der Waals surface area contributed by atoms with E-state index in [1.54, 1.807) is 24.3 Å². The standard InChI is InChI=1S/C14H14N2O.C2H6/c15-13-8-6-12(7-9-13)14(17)16-10-11-4-2-1-3-5-11;1-2/h1-9H,10,15H2,(H,16,17);1-2H3. The second-order valence-electron chi connectivity index (χ2n) is 3.79. The zero-order chi connectivity index (χ0) is 14.1. The highest BCUT2D eigenvalue weighted by atomic mass is 16.1. The molecule has 0 spiro atoms. The maximum atomic E-state index is 11.8. The quantitative estimate of drug-likeness (QED) is 0.828. The molecule has 0 heterocycles. The van der Waals surface area contributed by atoms with Crippen molar-refractivity contribution in [2.45, 2.75) is 20.4 Å². The lowest BCUT2D eigenvalue weighted by atomic mass is 10.2. The van der Waals surface area contributed by atoms with E-state index in [2.05, 4.69) is 5.32 Å². The van der Waals surface area contributed by atoms with E-state index >= 15 is 0 Å². The van der Waals surface area contributed by atoms with E-state index in [9.17, 15) is 4.79 Å². The predicted octanol–water partition coefficient (Wildman–Crippen LogP) is 3.23. The highest BCUT2D eigenvalue weighted by molar-refractivity contribution is 5.94. The Kier molecular flexibility index (Phi) is 6.16. The van der Waals surface area contributed by atoms with Crippen molar-refractivity contribution in [2.75, 3.05) is 5.73 Å². The van der Waals surface area contributed by atoms with Crippen LogP contribution in [0.2, 0.25) is 0 Å². The lowest BCUT2D eigenvalue weighted by molar-refractivity contribution is 0.0951. The van der Waals surface area contributed by atoms with Crippen LogP contribution in [0.15, 0.2) is 54.6 Å². The van der Waals surface area contributed by atoms with Crippen molar-refractivity contribution < 1.29 is 4.79 Å². The summed E-state index contributed by atoms with van der Waals surface area (Å²) in [5, 5.41) is 2.85. The van der Waals surface area contributed by atoms with Crippen LogP contribution in [0.4, 0.5) is 5.69 Å². The van der Waals surface area contributed by atoms with Gasteiger partial charge < -0.3 is 11.1 Å². The van der Waals surface area contributed by atoms with Gasteiger partial charge in [-0.2, -0.15) is 0 Å². The van der Waals surface area contributed by atoms with Crippen molar-refractivity contribution in [3.8, 4) is 0 Å². The SMILES string of the molecule is CC.Nc1ccc(C(=O)NCc2ccccc2)cc1. The maximum absolute atomic E-state index is 11.8. The molecule has 2 aromatic rings. The normalized spacial score (nSPS) is 9.16. The first-order valence-corrected chi connectivity index (χ1v) is 6.43. The molecule has 2 aromatic carbocycles. The maximum Gasteiger partial charge on any atom is 0.251 e. The molecule has 1 amide bonds.